The zero-order valence-electron chi connectivity index (χ0n) is 9.23. The topological polar surface area (TPSA) is 87.2 Å². The molecular weight excluding hydrogens is 301 g/mol. The van der Waals surface area contributed by atoms with Crippen LogP contribution in [0.4, 0.5) is 5.82 Å². The first kappa shape index (κ1) is 13.8. The Bertz CT molecular complexity index is 512. The summed E-state index contributed by atoms with van der Waals surface area (Å²) in [6, 6.07) is 1.30. The molecule has 0 saturated carbocycles. The maximum Gasteiger partial charge on any atom is 0.302 e. The molecule has 1 fully saturated rings. The number of rotatable bonds is 3. The van der Waals surface area contributed by atoms with Crippen molar-refractivity contribution in [3.63, 3.8) is 0 Å². The molecule has 1 saturated heterocycles. The van der Waals surface area contributed by atoms with Crippen LogP contribution in [-0.2, 0) is 10.2 Å². The summed E-state index contributed by atoms with van der Waals surface area (Å²) in [4.78, 5) is 7.39. The van der Waals surface area contributed by atoms with Crippen LogP contribution in [0.15, 0.2) is 6.07 Å². The van der Waals surface area contributed by atoms with Gasteiger partial charge in [-0.15, -0.1) is 0 Å². The van der Waals surface area contributed by atoms with Crippen LogP contribution < -0.4 is 10.0 Å². The molecule has 1 aliphatic rings. The highest BCUT2D eigenvalue weighted by atomic mass is 35.5. The average Bonchev–Trinajstić information content (AvgIpc) is 2.28. The normalized spacial score (nSPS) is 17.7. The van der Waals surface area contributed by atoms with Gasteiger partial charge in [-0.2, -0.15) is 17.7 Å². The maximum absolute atomic E-state index is 12.0. The summed E-state index contributed by atoms with van der Waals surface area (Å²) in [5.74, 6) is 0.0542. The molecule has 10 heteroatoms. The fourth-order valence-electron chi connectivity index (χ4n) is 1.52. The van der Waals surface area contributed by atoms with E-state index < -0.39 is 10.2 Å². The zero-order chi connectivity index (χ0) is 13.2. The van der Waals surface area contributed by atoms with Crippen LogP contribution in [0.5, 0.6) is 0 Å². The molecule has 0 spiro atoms. The average molecular weight is 312 g/mol. The van der Waals surface area contributed by atoms with Crippen LogP contribution in [-0.4, -0.2) is 48.9 Å². The standard InChI is InChI=1S/C8H11Cl2N5O2S/c9-6-5-7(13-8(10)12-6)14-18(16,17)15-3-1-11-2-4-15/h5,11H,1-4H2,(H,12,13,14). The van der Waals surface area contributed by atoms with Gasteiger partial charge in [-0.05, 0) is 11.6 Å². The highest BCUT2D eigenvalue weighted by molar-refractivity contribution is 7.90. The number of nitrogens with one attached hydrogen (secondary N) is 2. The summed E-state index contributed by atoms with van der Waals surface area (Å²) < 4.78 is 27.7. The second kappa shape index (κ2) is 5.54. The van der Waals surface area contributed by atoms with E-state index in [-0.39, 0.29) is 16.3 Å². The highest BCUT2D eigenvalue weighted by Crippen LogP contribution is 2.16. The van der Waals surface area contributed by atoms with Crippen molar-refractivity contribution in [3.05, 3.63) is 16.5 Å². The van der Waals surface area contributed by atoms with Gasteiger partial charge in [0, 0.05) is 32.2 Å². The third-order valence-electron chi connectivity index (χ3n) is 2.32. The number of hydrogen-bond acceptors (Lipinski definition) is 5. The molecule has 2 rings (SSSR count). The van der Waals surface area contributed by atoms with Crippen LogP contribution in [0, 0.1) is 0 Å². The number of halogens is 2. The highest BCUT2D eigenvalue weighted by Gasteiger charge is 2.24. The smallest absolute Gasteiger partial charge is 0.302 e. The van der Waals surface area contributed by atoms with Gasteiger partial charge in [-0.25, -0.2) is 4.98 Å². The predicted molar refractivity (Wildman–Crippen MR) is 69.0 cm³/mol. The minimum atomic E-state index is -3.63. The Balaban J connectivity index is 2.16. The van der Waals surface area contributed by atoms with Crippen LogP contribution in [0.2, 0.25) is 10.4 Å². The lowest BCUT2D eigenvalue weighted by Gasteiger charge is -2.26. The first-order chi connectivity index (χ1) is 8.47. The number of aromatic nitrogens is 2. The molecule has 1 aliphatic heterocycles. The molecule has 1 aromatic heterocycles. The van der Waals surface area contributed by atoms with Crippen molar-refractivity contribution in [2.24, 2.45) is 0 Å². The molecule has 0 aromatic carbocycles. The van der Waals surface area contributed by atoms with Gasteiger partial charge in [-0.3, -0.25) is 4.72 Å². The molecule has 0 unspecified atom stereocenters. The third-order valence-corrected chi connectivity index (χ3v) is 4.19. The first-order valence-electron chi connectivity index (χ1n) is 5.16. The molecule has 2 heterocycles. The van der Waals surface area contributed by atoms with Crippen molar-refractivity contribution in [2.75, 3.05) is 30.9 Å². The summed E-state index contributed by atoms with van der Waals surface area (Å²) in [5.41, 5.74) is 0. The van der Waals surface area contributed by atoms with Gasteiger partial charge in [0.25, 0.3) is 0 Å². The summed E-state index contributed by atoms with van der Waals surface area (Å²) >= 11 is 11.3. The Hall–Kier alpha value is -0.670. The molecule has 2 N–H and O–H groups in total. The molecular formula is C8H11Cl2N5O2S. The van der Waals surface area contributed by atoms with E-state index in [0.29, 0.717) is 26.2 Å². The largest absolute Gasteiger partial charge is 0.314 e. The van der Waals surface area contributed by atoms with Crippen LogP contribution in [0.25, 0.3) is 0 Å². The van der Waals surface area contributed by atoms with Crippen molar-refractivity contribution >= 4 is 39.2 Å². The van der Waals surface area contributed by atoms with E-state index in [9.17, 15) is 8.42 Å². The maximum atomic E-state index is 12.0. The minimum Gasteiger partial charge on any atom is -0.314 e. The molecule has 7 nitrogen and oxygen atoms in total. The van der Waals surface area contributed by atoms with E-state index in [4.69, 9.17) is 23.2 Å². The summed E-state index contributed by atoms with van der Waals surface area (Å²) in [7, 11) is -3.63. The molecule has 100 valence electrons. The lowest BCUT2D eigenvalue weighted by atomic mass is 10.4. The van der Waals surface area contributed by atoms with Gasteiger partial charge < -0.3 is 5.32 Å². The van der Waals surface area contributed by atoms with Crippen molar-refractivity contribution in [2.45, 2.75) is 0 Å². The second-order valence-corrected chi connectivity index (χ2v) is 6.00. The molecule has 0 aliphatic carbocycles. The van der Waals surface area contributed by atoms with E-state index in [1.165, 1.54) is 10.4 Å². The number of nitrogens with zero attached hydrogens (tertiary/aromatic N) is 3. The molecule has 0 bridgehead atoms. The van der Waals surface area contributed by atoms with E-state index >= 15 is 0 Å². The molecule has 1 aromatic rings. The van der Waals surface area contributed by atoms with Gasteiger partial charge in [0.1, 0.15) is 11.0 Å². The van der Waals surface area contributed by atoms with Gasteiger partial charge in [0.2, 0.25) is 5.28 Å². The van der Waals surface area contributed by atoms with Gasteiger partial charge in [0.15, 0.2) is 0 Å². The minimum absolute atomic E-state index is 0.0542. The van der Waals surface area contributed by atoms with Gasteiger partial charge in [0.05, 0.1) is 0 Å². The van der Waals surface area contributed by atoms with Crippen LogP contribution >= 0.6 is 23.2 Å². The molecule has 0 amide bonds. The first-order valence-corrected chi connectivity index (χ1v) is 7.36. The van der Waals surface area contributed by atoms with Gasteiger partial charge in [-0.1, -0.05) is 11.6 Å². The lowest BCUT2D eigenvalue weighted by molar-refractivity contribution is 0.362. The summed E-state index contributed by atoms with van der Waals surface area (Å²) in [5, 5.41) is 3.03. The lowest BCUT2D eigenvalue weighted by Crippen LogP contribution is -2.48. The summed E-state index contributed by atoms with van der Waals surface area (Å²) in [6.07, 6.45) is 0. The molecule has 0 atom stereocenters. The quantitative estimate of drug-likeness (QED) is 0.621. The molecule has 0 radical (unpaired) electrons. The Kier molecular flexibility index (Phi) is 4.23. The Morgan fingerprint density at radius 3 is 2.56 bits per heavy atom. The molecule has 18 heavy (non-hydrogen) atoms. The Labute approximate surface area is 115 Å². The Morgan fingerprint density at radius 1 is 1.28 bits per heavy atom. The fourth-order valence-corrected chi connectivity index (χ4v) is 3.09. The van der Waals surface area contributed by atoms with Crippen molar-refractivity contribution in [1.29, 1.82) is 0 Å². The zero-order valence-corrected chi connectivity index (χ0v) is 11.6. The monoisotopic (exact) mass is 311 g/mol. The van der Waals surface area contributed by atoms with E-state index in [1.54, 1.807) is 0 Å². The predicted octanol–water partition coefficient (Wildman–Crippen LogP) is 0.345. The van der Waals surface area contributed by atoms with E-state index in [1.807, 2.05) is 0 Å². The van der Waals surface area contributed by atoms with Gasteiger partial charge >= 0.3 is 10.2 Å². The Morgan fingerprint density at radius 2 is 1.94 bits per heavy atom. The van der Waals surface area contributed by atoms with Crippen LogP contribution in [0.3, 0.4) is 0 Å². The third kappa shape index (κ3) is 3.42. The fraction of sp³-hybridized carbons (Fsp3) is 0.500. The van der Waals surface area contributed by atoms with E-state index in [2.05, 4.69) is 20.0 Å². The number of piperazine rings is 1. The number of anilines is 1. The second-order valence-electron chi connectivity index (χ2n) is 3.60. The van der Waals surface area contributed by atoms with Crippen molar-refractivity contribution in [1.82, 2.24) is 19.6 Å². The SMILES string of the molecule is O=S(=O)(Nc1cc(Cl)nc(Cl)n1)N1CCNCC1. The van der Waals surface area contributed by atoms with Crippen molar-refractivity contribution < 1.29 is 8.42 Å². The van der Waals surface area contributed by atoms with E-state index in [0.717, 1.165) is 0 Å². The number of hydrogen-bond donors (Lipinski definition) is 2. The van der Waals surface area contributed by atoms with Crippen LogP contribution in [0.1, 0.15) is 0 Å². The van der Waals surface area contributed by atoms with Crippen molar-refractivity contribution in [3.8, 4) is 0 Å². The summed E-state index contributed by atoms with van der Waals surface area (Å²) in [6.45, 7) is 2.04.